The Bertz CT molecular complexity index is 309. The van der Waals surface area contributed by atoms with Crippen LogP contribution < -0.4 is 0 Å². The molecular formula is C11H17F2NO3. The van der Waals surface area contributed by atoms with Gasteiger partial charge in [0.25, 0.3) is 6.43 Å². The fraction of sp³-hybridized carbons (Fsp3) is 0.818. The second kappa shape index (κ2) is 5.42. The predicted molar refractivity (Wildman–Crippen MR) is 56.7 cm³/mol. The summed E-state index contributed by atoms with van der Waals surface area (Å²) in [6, 6.07) is 0. The molecule has 0 aromatic rings. The fourth-order valence-corrected chi connectivity index (χ4v) is 2.42. The number of amides is 1. The average molecular weight is 249 g/mol. The molecule has 1 fully saturated rings. The Morgan fingerprint density at radius 3 is 2.35 bits per heavy atom. The van der Waals surface area contributed by atoms with Crippen molar-refractivity contribution < 1.29 is 23.5 Å². The maximum absolute atomic E-state index is 12.2. The van der Waals surface area contributed by atoms with Gasteiger partial charge in [0, 0.05) is 7.05 Å². The number of carbonyl (C=O) groups excluding carboxylic acids is 1. The van der Waals surface area contributed by atoms with Gasteiger partial charge in [0.1, 0.15) is 0 Å². The summed E-state index contributed by atoms with van der Waals surface area (Å²) in [5.74, 6) is -2.76. The van der Waals surface area contributed by atoms with Crippen molar-refractivity contribution in [3.05, 3.63) is 0 Å². The number of hydrogen-bond acceptors (Lipinski definition) is 2. The van der Waals surface area contributed by atoms with E-state index in [0.717, 1.165) is 4.90 Å². The van der Waals surface area contributed by atoms with Gasteiger partial charge in [0.05, 0.1) is 18.4 Å². The average Bonchev–Trinajstić information content (AvgIpc) is 2.58. The summed E-state index contributed by atoms with van der Waals surface area (Å²) in [5, 5.41) is 9.00. The number of aliphatic carboxylic acids is 1. The standard InChI is InChI=1S/C11H17F2NO3/c1-6-3-7(8(4-6)11(16)17)10(15)14(2)5-9(12)13/h6-9H,3-5H2,1-2H3,(H,16,17). The van der Waals surface area contributed by atoms with Crippen LogP contribution in [0.4, 0.5) is 8.78 Å². The molecule has 98 valence electrons. The molecule has 1 saturated carbocycles. The minimum absolute atomic E-state index is 0.144. The Kier molecular flexibility index (Phi) is 4.42. The number of carbonyl (C=O) groups is 2. The van der Waals surface area contributed by atoms with Crippen molar-refractivity contribution in [1.82, 2.24) is 4.90 Å². The van der Waals surface area contributed by atoms with Crippen LogP contribution in [0.5, 0.6) is 0 Å². The van der Waals surface area contributed by atoms with E-state index in [0.29, 0.717) is 12.8 Å². The van der Waals surface area contributed by atoms with Crippen molar-refractivity contribution in [2.45, 2.75) is 26.2 Å². The number of rotatable bonds is 4. The van der Waals surface area contributed by atoms with Gasteiger partial charge in [-0.3, -0.25) is 9.59 Å². The highest BCUT2D eigenvalue weighted by molar-refractivity contribution is 5.85. The Morgan fingerprint density at radius 1 is 1.35 bits per heavy atom. The minimum atomic E-state index is -2.59. The summed E-state index contributed by atoms with van der Waals surface area (Å²) in [6.07, 6.45) is -1.69. The highest BCUT2D eigenvalue weighted by Crippen LogP contribution is 2.37. The quantitative estimate of drug-likeness (QED) is 0.820. The van der Waals surface area contributed by atoms with E-state index in [4.69, 9.17) is 5.11 Å². The predicted octanol–water partition coefficient (Wildman–Crippen LogP) is 1.46. The van der Waals surface area contributed by atoms with Crippen LogP contribution in [0.25, 0.3) is 0 Å². The first-order valence-corrected chi connectivity index (χ1v) is 5.58. The molecule has 0 spiro atoms. The molecule has 0 radical (unpaired) electrons. The third kappa shape index (κ3) is 3.38. The lowest BCUT2D eigenvalue weighted by Crippen LogP contribution is -2.39. The van der Waals surface area contributed by atoms with Crippen molar-refractivity contribution in [2.75, 3.05) is 13.6 Å². The van der Waals surface area contributed by atoms with Crippen LogP contribution in [0.15, 0.2) is 0 Å². The number of alkyl halides is 2. The molecule has 3 unspecified atom stereocenters. The third-order valence-electron chi connectivity index (χ3n) is 3.22. The van der Waals surface area contributed by atoms with Crippen molar-refractivity contribution in [3.8, 4) is 0 Å². The molecule has 0 saturated heterocycles. The van der Waals surface area contributed by atoms with Crippen molar-refractivity contribution in [3.63, 3.8) is 0 Å². The summed E-state index contributed by atoms with van der Waals surface area (Å²) < 4.78 is 24.3. The summed E-state index contributed by atoms with van der Waals surface area (Å²) in [4.78, 5) is 23.8. The largest absolute Gasteiger partial charge is 0.481 e. The van der Waals surface area contributed by atoms with E-state index in [-0.39, 0.29) is 5.92 Å². The van der Waals surface area contributed by atoms with Crippen LogP contribution in [0, 0.1) is 17.8 Å². The molecule has 1 amide bonds. The monoisotopic (exact) mass is 249 g/mol. The molecule has 0 aromatic carbocycles. The molecule has 0 heterocycles. The zero-order valence-corrected chi connectivity index (χ0v) is 9.90. The number of carboxylic acid groups (broad SMARTS) is 1. The van der Waals surface area contributed by atoms with Crippen molar-refractivity contribution in [2.24, 2.45) is 17.8 Å². The molecule has 0 aliphatic heterocycles. The molecular weight excluding hydrogens is 232 g/mol. The molecule has 1 aliphatic rings. The van der Waals surface area contributed by atoms with E-state index in [1.807, 2.05) is 6.92 Å². The van der Waals surface area contributed by atoms with Gasteiger partial charge in [-0.25, -0.2) is 8.78 Å². The van der Waals surface area contributed by atoms with Gasteiger partial charge in [0.2, 0.25) is 5.91 Å². The number of carboxylic acids is 1. The zero-order valence-electron chi connectivity index (χ0n) is 9.90. The third-order valence-corrected chi connectivity index (χ3v) is 3.22. The Morgan fingerprint density at radius 2 is 1.88 bits per heavy atom. The summed E-state index contributed by atoms with van der Waals surface area (Å²) in [5.41, 5.74) is 0. The second-order valence-electron chi connectivity index (χ2n) is 4.74. The molecule has 0 aromatic heterocycles. The summed E-state index contributed by atoms with van der Waals surface area (Å²) in [6.45, 7) is 1.23. The summed E-state index contributed by atoms with van der Waals surface area (Å²) >= 11 is 0. The highest BCUT2D eigenvalue weighted by atomic mass is 19.3. The van der Waals surface area contributed by atoms with E-state index in [9.17, 15) is 18.4 Å². The number of halogens is 2. The lowest BCUT2D eigenvalue weighted by atomic mass is 9.95. The molecule has 0 bridgehead atoms. The van der Waals surface area contributed by atoms with Crippen molar-refractivity contribution >= 4 is 11.9 Å². The molecule has 1 aliphatic carbocycles. The maximum atomic E-state index is 12.2. The van der Waals surface area contributed by atoms with Crippen LogP contribution >= 0.6 is 0 Å². The van der Waals surface area contributed by atoms with Crippen LogP contribution in [0.3, 0.4) is 0 Å². The topological polar surface area (TPSA) is 57.6 Å². The molecule has 1 rings (SSSR count). The first-order valence-electron chi connectivity index (χ1n) is 5.58. The number of nitrogens with zero attached hydrogens (tertiary/aromatic N) is 1. The Balaban J connectivity index is 2.70. The van der Waals surface area contributed by atoms with E-state index >= 15 is 0 Å². The van der Waals surface area contributed by atoms with Gasteiger partial charge in [0.15, 0.2) is 0 Å². The lowest BCUT2D eigenvalue weighted by molar-refractivity contribution is -0.149. The maximum Gasteiger partial charge on any atom is 0.307 e. The van der Waals surface area contributed by atoms with Gasteiger partial charge in [-0.2, -0.15) is 0 Å². The van der Waals surface area contributed by atoms with Gasteiger partial charge in [-0.1, -0.05) is 6.92 Å². The first-order chi connectivity index (χ1) is 7.82. The van der Waals surface area contributed by atoms with Crippen molar-refractivity contribution in [1.29, 1.82) is 0 Å². The Hall–Kier alpha value is -1.20. The summed E-state index contributed by atoms with van der Waals surface area (Å²) in [7, 11) is 1.29. The molecule has 3 atom stereocenters. The minimum Gasteiger partial charge on any atom is -0.481 e. The zero-order chi connectivity index (χ0) is 13.2. The Labute approximate surface area is 98.6 Å². The van der Waals surface area contributed by atoms with Gasteiger partial charge in [-0.05, 0) is 18.8 Å². The highest BCUT2D eigenvalue weighted by Gasteiger charge is 2.42. The van der Waals surface area contributed by atoms with Crippen LogP contribution in [-0.2, 0) is 9.59 Å². The molecule has 1 N–H and O–H groups in total. The van der Waals surface area contributed by atoms with Gasteiger partial charge >= 0.3 is 5.97 Å². The SMILES string of the molecule is CC1CC(C(=O)O)C(C(=O)N(C)CC(F)F)C1. The molecule has 6 heteroatoms. The van der Waals surface area contributed by atoms with Crippen LogP contribution in [0.1, 0.15) is 19.8 Å². The van der Waals surface area contributed by atoms with Crippen LogP contribution in [0.2, 0.25) is 0 Å². The molecule has 4 nitrogen and oxygen atoms in total. The first kappa shape index (κ1) is 13.9. The lowest BCUT2D eigenvalue weighted by Gasteiger charge is -2.23. The van der Waals surface area contributed by atoms with E-state index in [1.165, 1.54) is 7.05 Å². The molecule has 17 heavy (non-hydrogen) atoms. The van der Waals surface area contributed by atoms with Crippen LogP contribution in [-0.4, -0.2) is 41.9 Å². The normalized spacial score (nSPS) is 28.4. The second-order valence-corrected chi connectivity index (χ2v) is 4.74. The van der Waals surface area contributed by atoms with E-state index in [1.54, 1.807) is 0 Å². The van der Waals surface area contributed by atoms with E-state index < -0.39 is 36.7 Å². The fourth-order valence-electron chi connectivity index (χ4n) is 2.42. The smallest absolute Gasteiger partial charge is 0.307 e. The van der Waals surface area contributed by atoms with Gasteiger partial charge in [-0.15, -0.1) is 0 Å². The van der Waals surface area contributed by atoms with Gasteiger partial charge < -0.3 is 10.0 Å². The number of hydrogen-bond donors (Lipinski definition) is 1. The van der Waals surface area contributed by atoms with E-state index in [2.05, 4.69) is 0 Å².